The van der Waals surface area contributed by atoms with Crippen LogP contribution in [0.15, 0.2) is 54.6 Å². The third-order valence-corrected chi connectivity index (χ3v) is 6.73. The van der Waals surface area contributed by atoms with Crippen LogP contribution in [0.5, 0.6) is 0 Å². The minimum Gasteiger partial charge on any atom is -0.311 e. The average molecular weight is 466 g/mol. The van der Waals surface area contributed by atoms with Gasteiger partial charge in [-0.05, 0) is 49.6 Å². The molecule has 4 rings (SSSR count). The normalized spacial score (nSPS) is 13.7. The molecule has 1 saturated carbocycles. The van der Waals surface area contributed by atoms with E-state index in [4.69, 9.17) is 4.98 Å². The fourth-order valence-corrected chi connectivity index (χ4v) is 4.49. The zero-order valence-electron chi connectivity index (χ0n) is 18.9. The van der Waals surface area contributed by atoms with E-state index in [0.717, 1.165) is 28.6 Å². The maximum absolute atomic E-state index is 13.2. The number of hydrogen-bond donors (Lipinski definition) is 2. The van der Waals surface area contributed by atoms with Crippen LogP contribution in [-0.4, -0.2) is 23.2 Å². The number of thiazole rings is 1. The summed E-state index contributed by atoms with van der Waals surface area (Å²) in [5.41, 5.74) is 1.30. The van der Waals surface area contributed by atoms with Crippen molar-refractivity contribution in [2.75, 3.05) is 11.9 Å². The Morgan fingerprint density at radius 1 is 1.09 bits per heavy atom. The Hall–Kier alpha value is -2.90. The Labute approximate surface area is 197 Å². The lowest BCUT2D eigenvalue weighted by Gasteiger charge is -2.22. The first-order valence-electron chi connectivity index (χ1n) is 11.2. The first-order chi connectivity index (χ1) is 15.8. The van der Waals surface area contributed by atoms with Crippen molar-refractivity contribution < 1.29 is 14.0 Å². The topological polar surface area (TPSA) is 71.1 Å². The van der Waals surface area contributed by atoms with Gasteiger partial charge in [-0.3, -0.25) is 9.59 Å². The van der Waals surface area contributed by atoms with E-state index < -0.39 is 11.2 Å². The van der Waals surface area contributed by atoms with E-state index in [0.29, 0.717) is 17.2 Å². The molecule has 7 heteroatoms. The molecule has 33 heavy (non-hydrogen) atoms. The van der Waals surface area contributed by atoms with Crippen LogP contribution in [0, 0.1) is 17.2 Å². The molecule has 0 atom stereocenters. The van der Waals surface area contributed by atoms with Gasteiger partial charge in [0.15, 0.2) is 10.9 Å². The van der Waals surface area contributed by atoms with Gasteiger partial charge in [0.2, 0.25) is 5.91 Å². The molecule has 1 aromatic heterocycles. The number of carbonyl (C=O) groups excluding carboxylic acids is 2. The third kappa shape index (κ3) is 6.12. The summed E-state index contributed by atoms with van der Waals surface area (Å²) in [6.07, 6.45) is 2.58. The number of Topliss-reactive ketones (excluding diaryl/α,β-unsaturated/α-hetero) is 1. The second-order valence-corrected chi connectivity index (χ2v) is 10.3. The number of amides is 1. The molecule has 0 radical (unpaired) electrons. The summed E-state index contributed by atoms with van der Waals surface area (Å²) in [5.74, 6) is -0.103. The zero-order valence-corrected chi connectivity index (χ0v) is 19.7. The quantitative estimate of drug-likeness (QED) is 0.378. The first-order valence-corrected chi connectivity index (χ1v) is 12.0. The second-order valence-electron chi connectivity index (χ2n) is 9.18. The van der Waals surface area contributed by atoms with Gasteiger partial charge in [0.1, 0.15) is 5.82 Å². The van der Waals surface area contributed by atoms with Crippen molar-refractivity contribution in [3.63, 3.8) is 0 Å². The highest BCUT2D eigenvalue weighted by Gasteiger charge is 2.32. The van der Waals surface area contributed by atoms with Crippen LogP contribution < -0.4 is 10.6 Å². The van der Waals surface area contributed by atoms with Crippen LogP contribution in [-0.2, 0) is 11.3 Å². The van der Waals surface area contributed by atoms with Crippen LogP contribution in [0.25, 0.3) is 11.3 Å². The summed E-state index contributed by atoms with van der Waals surface area (Å²) in [5, 5.41) is 6.94. The van der Waals surface area contributed by atoms with Crippen molar-refractivity contribution in [2.45, 2.75) is 39.7 Å². The standard InChI is InChI=1S/C26H28FN3O2S/c1-26(2,14-21(31)18-10-12-20(27)13-11-18)24(32)30-25-29-23(19-6-4-3-5-7-19)22(33-25)16-28-15-17-8-9-17/h3-7,10-13,17,28H,8-9,14-16H2,1-2H3,(H,29,30,32). The van der Waals surface area contributed by atoms with E-state index >= 15 is 0 Å². The molecule has 0 spiro atoms. The van der Waals surface area contributed by atoms with E-state index in [1.807, 2.05) is 30.3 Å². The number of ketones is 1. The maximum atomic E-state index is 13.2. The minimum absolute atomic E-state index is 0.0111. The fourth-order valence-electron chi connectivity index (χ4n) is 3.54. The largest absolute Gasteiger partial charge is 0.311 e. The Morgan fingerprint density at radius 3 is 2.45 bits per heavy atom. The van der Waals surface area contributed by atoms with Gasteiger partial charge >= 0.3 is 0 Å². The molecule has 2 N–H and O–H groups in total. The predicted octanol–water partition coefficient (Wildman–Crippen LogP) is 5.69. The monoisotopic (exact) mass is 465 g/mol. The van der Waals surface area contributed by atoms with Gasteiger partial charge in [-0.25, -0.2) is 9.37 Å². The molecule has 1 fully saturated rings. The number of halogens is 1. The van der Waals surface area contributed by atoms with Gasteiger partial charge in [-0.2, -0.15) is 0 Å². The smallest absolute Gasteiger partial charge is 0.232 e. The molecule has 0 aliphatic heterocycles. The first kappa shape index (κ1) is 23.3. The van der Waals surface area contributed by atoms with Crippen molar-refractivity contribution in [1.29, 1.82) is 0 Å². The minimum atomic E-state index is -0.950. The number of anilines is 1. The Bertz CT molecular complexity index is 1120. The number of nitrogens with zero attached hydrogens (tertiary/aromatic N) is 1. The summed E-state index contributed by atoms with van der Waals surface area (Å²) in [4.78, 5) is 31.5. The van der Waals surface area contributed by atoms with E-state index in [1.54, 1.807) is 13.8 Å². The van der Waals surface area contributed by atoms with E-state index in [1.165, 1.54) is 48.4 Å². The molecule has 3 aromatic rings. The van der Waals surface area contributed by atoms with E-state index in [-0.39, 0.29) is 18.1 Å². The molecule has 1 aliphatic rings. The van der Waals surface area contributed by atoms with Gasteiger partial charge < -0.3 is 10.6 Å². The lowest BCUT2D eigenvalue weighted by atomic mass is 9.84. The van der Waals surface area contributed by atoms with Crippen LogP contribution in [0.4, 0.5) is 9.52 Å². The van der Waals surface area contributed by atoms with Gasteiger partial charge in [-0.15, -0.1) is 0 Å². The van der Waals surface area contributed by atoms with Crippen LogP contribution in [0.2, 0.25) is 0 Å². The molecule has 5 nitrogen and oxygen atoms in total. The average Bonchev–Trinajstić information content (AvgIpc) is 3.53. The van der Waals surface area contributed by atoms with Crippen LogP contribution >= 0.6 is 11.3 Å². The molecular weight excluding hydrogens is 437 g/mol. The molecule has 0 unspecified atom stereocenters. The summed E-state index contributed by atoms with van der Waals surface area (Å²) in [6.45, 7) is 5.15. The molecule has 2 aromatic carbocycles. The zero-order chi connectivity index (χ0) is 23.4. The molecule has 1 amide bonds. The molecule has 0 bridgehead atoms. The number of hydrogen-bond acceptors (Lipinski definition) is 5. The number of aromatic nitrogens is 1. The lowest BCUT2D eigenvalue weighted by molar-refractivity contribution is -0.123. The number of benzene rings is 2. The summed E-state index contributed by atoms with van der Waals surface area (Å²) >= 11 is 1.46. The molecule has 0 saturated heterocycles. The van der Waals surface area contributed by atoms with Crippen molar-refractivity contribution in [3.8, 4) is 11.3 Å². The van der Waals surface area contributed by atoms with Crippen LogP contribution in [0.1, 0.15) is 48.3 Å². The third-order valence-electron chi connectivity index (χ3n) is 5.76. The van der Waals surface area contributed by atoms with Crippen molar-refractivity contribution >= 4 is 28.2 Å². The van der Waals surface area contributed by atoms with Gasteiger partial charge in [-0.1, -0.05) is 55.5 Å². The number of rotatable bonds is 10. The highest BCUT2D eigenvalue weighted by Crippen LogP contribution is 2.33. The Balaban J connectivity index is 1.47. The highest BCUT2D eigenvalue weighted by atomic mass is 32.1. The van der Waals surface area contributed by atoms with Crippen molar-refractivity contribution in [2.24, 2.45) is 11.3 Å². The van der Waals surface area contributed by atoms with Crippen molar-refractivity contribution in [3.05, 3.63) is 70.9 Å². The summed E-state index contributed by atoms with van der Waals surface area (Å²) in [7, 11) is 0. The predicted molar refractivity (Wildman–Crippen MR) is 130 cm³/mol. The molecule has 1 heterocycles. The Morgan fingerprint density at radius 2 is 1.79 bits per heavy atom. The molecule has 1 aliphatic carbocycles. The SMILES string of the molecule is CC(C)(CC(=O)c1ccc(F)cc1)C(=O)Nc1nc(-c2ccccc2)c(CNCC2CC2)s1. The number of carbonyl (C=O) groups is 2. The lowest BCUT2D eigenvalue weighted by Crippen LogP contribution is -2.33. The summed E-state index contributed by atoms with van der Waals surface area (Å²) < 4.78 is 13.2. The van der Waals surface area contributed by atoms with Crippen LogP contribution in [0.3, 0.4) is 0 Å². The van der Waals surface area contributed by atoms with Gasteiger partial charge in [0, 0.05) is 29.0 Å². The second kappa shape index (κ2) is 9.93. The van der Waals surface area contributed by atoms with Gasteiger partial charge in [0.05, 0.1) is 11.1 Å². The van der Waals surface area contributed by atoms with Gasteiger partial charge in [0.25, 0.3) is 0 Å². The molecular formula is C26H28FN3O2S. The maximum Gasteiger partial charge on any atom is 0.232 e. The van der Waals surface area contributed by atoms with Crippen molar-refractivity contribution in [1.82, 2.24) is 10.3 Å². The fraction of sp³-hybridized carbons (Fsp3) is 0.346. The number of nitrogens with one attached hydrogen (secondary N) is 2. The molecule has 172 valence electrons. The Kier molecular flexibility index (Phi) is 7.00. The summed E-state index contributed by atoms with van der Waals surface area (Å²) in [6, 6.07) is 15.3. The highest BCUT2D eigenvalue weighted by molar-refractivity contribution is 7.16. The van der Waals surface area contributed by atoms with E-state index in [2.05, 4.69) is 10.6 Å². The van der Waals surface area contributed by atoms with E-state index in [9.17, 15) is 14.0 Å².